The topological polar surface area (TPSA) is 77.1 Å². The van der Waals surface area contributed by atoms with Crippen LogP contribution in [0, 0.1) is 11.8 Å². The molecule has 166 valence electrons. The van der Waals surface area contributed by atoms with Gasteiger partial charge in [0.25, 0.3) is 0 Å². The van der Waals surface area contributed by atoms with E-state index in [1.165, 1.54) is 0 Å². The molecule has 4 atom stereocenters. The predicted octanol–water partition coefficient (Wildman–Crippen LogP) is 2.35. The number of methoxy groups -OCH3 is 2. The van der Waals surface area contributed by atoms with Crippen LogP contribution in [0.4, 0.5) is 5.69 Å². The fourth-order valence-electron chi connectivity index (χ4n) is 5.02. The lowest BCUT2D eigenvalue weighted by Gasteiger charge is -2.23. The molecule has 7 heteroatoms. The minimum atomic E-state index is -0.736. The monoisotopic (exact) mass is 434 g/mol. The van der Waals surface area contributed by atoms with E-state index in [-0.39, 0.29) is 17.9 Å². The van der Waals surface area contributed by atoms with Gasteiger partial charge in [-0.05, 0) is 48.4 Å². The first-order valence-corrected chi connectivity index (χ1v) is 10.8. The molecule has 7 nitrogen and oxygen atoms in total. The lowest BCUT2D eigenvalue weighted by atomic mass is 9.77. The largest absolute Gasteiger partial charge is 0.497 e. The Morgan fingerprint density at radius 3 is 2.41 bits per heavy atom. The van der Waals surface area contributed by atoms with E-state index in [4.69, 9.17) is 14.2 Å². The normalized spacial score (nSPS) is 27.5. The third kappa shape index (κ3) is 3.33. The number of fused-ring (bicyclic) bond motifs is 1. The lowest BCUT2D eigenvalue weighted by Crippen LogP contribution is -2.44. The standard InChI is InChI=1S/C25H26N2O5/c1-30-18-7-3-16(4-8-18)12-14-26-23(28)21-20-11-13-25(32-20)15-27(24(29)22(21)25)17-5-9-19(31-2)10-6-17/h3-11,13,20-22H,12,14-15H2,1-2H3,(H,26,28)/t20-,21+,22-,25-/m0/s1. The summed E-state index contributed by atoms with van der Waals surface area (Å²) in [7, 11) is 3.24. The highest BCUT2D eigenvalue weighted by molar-refractivity contribution is 6.03. The Labute approximate surface area is 186 Å². The van der Waals surface area contributed by atoms with Crippen molar-refractivity contribution in [2.24, 2.45) is 11.8 Å². The fourth-order valence-corrected chi connectivity index (χ4v) is 5.02. The van der Waals surface area contributed by atoms with Crippen LogP contribution in [0.25, 0.3) is 0 Å². The quantitative estimate of drug-likeness (QED) is 0.677. The van der Waals surface area contributed by atoms with Crippen molar-refractivity contribution >= 4 is 17.5 Å². The second-order valence-electron chi connectivity index (χ2n) is 8.41. The van der Waals surface area contributed by atoms with Crippen molar-refractivity contribution in [3.63, 3.8) is 0 Å². The minimum absolute atomic E-state index is 0.0719. The number of anilines is 1. The van der Waals surface area contributed by atoms with Gasteiger partial charge >= 0.3 is 0 Å². The van der Waals surface area contributed by atoms with Crippen LogP contribution in [0.3, 0.4) is 0 Å². The molecule has 3 aliphatic heterocycles. The third-order valence-electron chi connectivity index (χ3n) is 6.66. The number of benzene rings is 2. The molecule has 5 rings (SSSR count). The number of amides is 2. The zero-order valence-corrected chi connectivity index (χ0v) is 18.1. The van der Waals surface area contributed by atoms with Crippen molar-refractivity contribution in [3.05, 3.63) is 66.2 Å². The maximum Gasteiger partial charge on any atom is 0.234 e. The average molecular weight is 434 g/mol. The van der Waals surface area contributed by atoms with E-state index in [0.717, 1.165) is 22.7 Å². The summed E-state index contributed by atoms with van der Waals surface area (Å²) >= 11 is 0. The molecule has 2 fully saturated rings. The zero-order chi connectivity index (χ0) is 22.3. The summed E-state index contributed by atoms with van der Waals surface area (Å²) < 4.78 is 16.6. The summed E-state index contributed by atoms with van der Waals surface area (Å²) in [5, 5.41) is 3.01. The van der Waals surface area contributed by atoms with E-state index in [2.05, 4.69) is 5.32 Å². The van der Waals surface area contributed by atoms with Gasteiger partial charge in [0, 0.05) is 12.2 Å². The summed E-state index contributed by atoms with van der Waals surface area (Å²) in [6.45, 7) is 0.902. The summed E-state index contributed by atoms with van der Waals surface area (Å²) in [6.07, 6.45) is 4.23. The number of carbonyl (C=O) groups excluding carboxylic acids is 2. The number of rotatable bonds is 7. The van der Waals surface area contributed by atoms with Gasteiger partial charge in [-0.25, -0.2) is 0 Å². The molecule has 0 aliphatic carbocycles. The van der Waals surface area contributed by atoms with Gasteiger partial charge in [-0.3, -0.25) is 9.59 Å². The average Bonchev–Trinajstić information content (AvgIpc) is 3.48. The van der Waals surface area contributed by atoms with Crippen LogP contribution in [0.5, 0.6) is 11.5 Å². The van der Waals surface area contributed by atoms with E-state index in [1.807, 2.05) is 60.7 Å². The number of hydrogen-bond acceptors (Lipinski definition) is 5. The van der Waals surface area contributed by atoms with Gasteiger partial charge in [0.1, 0.15) is 17.1 Å². The Balaban J connectivity index is 1.27. The lowest BCUT2D eigenvalue weighted by molar-refractivity contribution is -0.131. The first-order valence-electron chi connectivity index (χ1n) is 10.8. The predicted molar refractivity (Wildman–Crippen MR) is 119 cm³/mol. The van der Waals surface area contributed by atoms with E-state index in [1.54, 1.807) is 19.1 Å². The van der Waals surface area contributed by atoms with Crippen molar-refractivity contribution in [1.29, 1.82) is 0 Å². The molecule has 3 heterocycles. The van der Waals surface area contributed by atoms with Gasteiger partial charge in [0.2, 0.25) is 11.8 Å². The van der Waals surface area contributed by atoms with Crippen LogP contribution in [0.2, 0.25) is 0 Å². The van der Waals surface area contributed by atoms with Crippen molar-refractivity contribution in [2.75, 3.05) is 32.2 Å². The molecule has 1 spiro atoms. The Hall–Kier alpha value is -3.32. The molecule has 2 aromatic rings. The van der Waals surface area contributed by atoms with Crippen LogP contribution in [0.1, 0.15) is 5.56 Å². The maximum atomic E-state index is 13.4. The minimum Gasteiger partial charge on any atom is -0.497 e. The highest BCUT2D eigenvalue weighted by Gasteiger charge is 2.67. The van der Waals surface area contributed by atoms with Crippen LogP contribution >= 0.6 is 0 Å². The summed E-state index contributed by atoms with van der Waals surface area (Å²) in [5.74, 6) is 0.286. The van der Waals surface area contributed by atoms with Crippen molar-refractivity contribution in [1.82, 2.24) is 5.32 Å². The molecule has 2 aromatic carbocycles. The third-order valence-corrected chi connectivity index (χ3v) is 6.66. The van der Waals surface area contributed by atoms with Gasteiger partial charge in [-0.15, -0.1) is 0 Å². The summed E-state index contributed by atoms with van der Waals surface area (Å²) in [5.41, 5.74) is 1.15. The van der Waals surface area contributed by atoms with Crippen molar-refractivity contribution in [3.8, 4) is 11.5 Å². The number of ether oxygens (including phenoxy) is 3. The second-order valence-corrected chi connectivity index (χ2v) is 8.41. The maximum absolute atomic E-state index is 13.4. The molecule has 0 radical (unpaired) electrons. The van der Waals surface area contributed by atoms with Gasteiger partial charge in [0.05, 0.1) is 38.7 Å². The van der Waals surface area contributed by atoms with Crippen molar-refractivity contribution < 1.29 is 23.8 Å². The number of nitrogens with zero attached hydrogens (tertiary/aromatic N) is 1. The van der Waals surface area contributed by atoms with E-state index in [9.17, 15) is 9.59 Å². The van der Waals surface area contributed by atoms with Crippen LogP contribution in [-0.2, 0) is 20.7 Å². The number of carbonyl (C=O) groups is 2. The molecular formula is C25H26N2O5. The van der Waals surface area contributed by atoms with Gasteiger partial charge in [0.15, 0.2) is 0 Å². The number of hydrogen-bond donors (Lipinski definition) is 1. The van der Waals surface area contributed by atoms with Gasteiger partial charge < -0.3 is 24.4 Å². The fraction of sp³-hybridized carbons (Fsp3) is 0.360. The Bertz CT molecular complexity index is 1050. The highest BCUT2D eigenvalue weighted by atomic mass is 16.5. The van der Waals surface area contributed by atoms with Crippen molar-refractivity contribution in [2.45, 2.75) is 18.1 Å². The SMILES string of the molecule is COc1ccc(CCNC(=O)[C@@H]2[C@@H]3C=C[C@@]4(CN(c5ccc(OC)cc5)C(=O)[C@H]24)O3)cc1. The molecule has 2 saturated heterocycles. The zero-order valence-electron chi connectivity index (χ0n) is 18.1. The van der Waals surface area contributed by atoms with Crippen LogP contribution in [0.15, 0.2) is 60.7 Å². The summed E-state index contributed by atoms with van der Waals surface area (Å²) in [4.78, 5) is 28.2. The Morgan fingerprint density at radius 1 is 1.09 bits per heavy atom. The van der Waals surface area contributed by atoms with E-state index < -0.39 is 17.4 Å². The molecule has 3 aliphatic rings. The first-order chi connectivity index (χ1) is 15.5. The second kappa shape index (κ2) is 7.98. The Kier molecular flexibility index (Phi) is 5.13. The Morgan fingerprint density at radius 2 is 1.75 bits per heavy atom. The molecule has 32 heavy (non-hydrogen) atoms. The van der Waals surface area contributed by atoms with Gasteiger partial charge in [-0.1, -0.05) is 24.3 Å². The molecule has 0 aromatic heterocycles. The molecular weight excluding hydrogens is 408 g/mol. The smallest absolute Gasteiger partial charge is 0.234 e. The molecule has 0 unspecified atom stereocenters. The highest BCUT2D eigenvalue weighted by Crippen LogP contribution is 2.52. The molecule has 2 bridgehead atoms. The molecule has 2 amide bonds. The van der Waals surface area contributed by atoms with Crippen LogP contribution in [-0.4, -0.2) is 50.8 Å². The first kappa shape index (κ1) is 20.6. The molecule has 0 saturated carbocycles. The van der Waals surface area contributed by atoms with E-state index in [0.29, 0.717) is 19.5 Å². The van der Waals surface area contributed by atoms with Gasteiger partial charge in [-0.2, -0.15) is 0 Å². The molecule has 1 N–H and O–H groups in total. The summed E-state index contributed by atoms with van der Waals surface area (Å²) in [6, 6.07) is 15.1. The van der Waals surface area contributed by atoms with Crippen LogP contribution < -0.4 is 19.7 Å². The van der Waals surface area contributed by atoms with E-state index >= 15 is 0 Å². The number of nitrogens with one attached hydrogen (secondary N) is 1.